The van der Waals surface area contributed by atoms with Crippen LogP contribution in [0.3, 0.4) is 0 Å². The molecule has 0 bridgehead atoms. The van der Waals surface area contributed by atoms with E-state index in [-0.39, 0.29) is 0 Å². The molecule has 2 heterocycles. The van der Waals surface area contributed by atoms with Gasteiger partial charge in [-0.1, -0.05) is 23.4 Å². The van der Waals surface area contributed by atoms with Gasteiger partial charge in [-0.3, -0.25) is 0 Å². The summed E-state index contributed by atoms with van der Waals surface area (Å²) in [6.45, 7) is 4.17. The third-order valence-corrected chi connectivity index (χ3v) is 3.97. The van der Waals surface area contributed by atoms with E-state index in [1.54, 1.807) is 18.0 Å². The van der Waals surface area contributed by atoms with Gasteiger partial charge in [0.2, 0.25) is 0 Å². The molecule has 0 aliphatic carbocycles. The Morgan fingerprint density at radius 3 is 3.20 bits per heavy atom. The van der Waals surface area contributed by atoms with Crippen molar-refractivity contribution in [2.45, 2.75) is 18.5 Å². The fraction of sp³-hybridized carbons (Fsp3) is 0.600. The average molecular weight is 244 g/mol. The van der Waals surface area contributed by atoms with E-state index in [4.69, 9.17) is 11.6 Å². The quantitative estimate of drug-likeness (QED) is 0.502. The highest BCUT2D eigenvalue weighted by Crippen LogP contribution is 2.22. The van der Waals surface area contributed by atoms with Crippen LogP contribution in [0.2, 0.25) is 5.15 Å². The number of nitrogens with one attached hydrogen (secondary N) is 1. The van der Waals surface area contributed by atoms with Crippen LogP contribution in [-0.4, -0.2) is 28.8 Å². The number of aromatic nitrogens is 2. The molecule has 0 radical (unpaired) electrons. The number of halogens is 1. The molecule has 1 aromatic rings. The first kappa shape index (κ1) is 11.2. The predicted octanol–water partition coefficient (Wildman–Crippen LogP) is 2.14. The standard InChI is InChI=1S/C10H14ClN3S/c1-7-4-13-10(14-9(7)11)15-6-8-2-3-12-5-8/h4,8,12H,2-3,5-6H2,1H3/t8-/m1/s1. The van der Waals surface area contributed by atoms with Gasteiger partial charge < -0.3 is 5.32 Å². The summed E-state index contributed by atoms with van der Waals surface area (Å²) in [4.78, 5) is 8.48. The largest absolute Gasteiger partial charge is 0.316 e. The third-order valence-electron chi connectivity index (χ3n) is 2.50. The molecule has 0 saturated carbocycles. The lowest BCUT2D eigenvalue weighted by Gasteiger charge is -2.06. The van der Waals surface area contributed by atoms with Crippen molar-refractivity contribution in [1.29, 1.82) is 0 Å². The van der Waals surface area contributed by atoms with Crippen LogP contribution in [0.15, 0.2) is 11.4 Å². The molecule has 1 aliphatic heterocycles. The van der Waals surface area contributed by atoms with E-state index >= 15 is 0 Å². The second-order valence-corrected chi connectivity index (χ2v) is 5.14. The second-order valence-electron chi connectivity index (χ2n) is 3.80. The topological polar surface area (TPSA) is 37.8 Å². The van der Waals surface area contributed by atoms with Gasteiger partial charge in [-0.15, -0.1) is 0 Å². The highest BCUT2D eigenvalue weighted by Gasteiger charge is 2.15. The lowest BCUT2D eigenvalue weighted by Crippen LogP contribution is -2.10. The minimum Gasteiger partial charge on any atom is -0.316 e. The van der Waals surface area contributed by atoms with Gasteiger partial charge in [0, 0.05) is 17.5 Å². The first-order valence-electron chi connectivity index (χ1n) is 5.08. The first-order chi connectivity index (χ1) is 7.25. The Kier molecular flexibility index (Phi) is 3.83. The van der Waals surface area contributed by atoms with Crippen molar-refractivity contribution < 1.29 is 0 Å². The van der Waals surface area contributed by atoms with E-state index < -0.39 is 0 Å². The minimum atomic E-state index is 0.567. The molecule has 0 aromatic carbocycles. The minimum absolute atomic E-state index is 0.567. The molecule has 1 saturated heterocycles. The maximum Gasteiger partial charge on any atom is 0.188 e. The number of thioether (sulfide) groups is 1. The summed E-state index contributed by atoms with van der Waals surface area (Å²) in [5.74, 6) is 1.82. The van der Waals surface area contributed by atoms with Crippen LogP contribution in [0.5, 0.6) is 0 Å². The van der Waals surface area contributed by atoms with Crippen molar-refractivity contribution in [3.8, 4) is 0 Å². The molecule has 1 aliphatic rings. The molecule has 5 heteroatoms. The van der Waals surface area contributed by atoms with Crippen molar-refractivity contribution in [2.75, 3.05) is 18.8 Å². The molecular formula is C10H14ClN3S. The Bertz CT molecular complexity index is 339. The number of aryl methyl sites for hydroxylation is 1. The Labute approximate surface area is 99.0 Å². The van der Waals surface area contributed by atoms with E-state index in [2.05, 4.69) is 15.3 Å². The zero-order valence-electron chi connectivity index (χ0n) is 8.66. The van der Waals surface area contributed by atoms with Gasteiger partial charge in [-0.2, -0.15) is 0 Å². The van der Waals surface area contributed by atoms with Crippen LogP contribution in [0.1, 0.15) is 12.0 Å². The fourth-order valence-electron chi connectivity index (χ4n) is 1.52. The maximum atomic E-state index is 5.93. The summed E-state index contributed by atoms with van der Waals surface area (Å²) in [5, 5.41) is 4.70. The van der Waals surface area contributed by atoms with Gasteiger partial charge >= 0.3 is 0 Å². The van der Waals surface area contributed by atoms with Gasteiger partial charge in [0.1, 0.15) is 5.15 Å². The highest BCUT2D eigenvalue weighted by atomic mass is 35.5. The Balaban J connectivity index is 1.90. The molecule has 1 atom stereocenters. The highest BCUT2D eigenvalue weighted by molar-refractivity contribution is 7.99. The molecule has 0 amide bonds. The second kappa shape index (κ2) is 5.14. The van der Waals surface area contributed by atoms with Crippen molar-refractivity contribution in [2.24, 2.45) is 5.92 Å². The summed E-state index contributed by atoms with van der Waals surface area (Å²) in [6, 6.07) is 0. The van der Waals surface area contributed by atoms with Gasteiger partial charge in [-0.05, 0) is 32.4 Å². The smallest absolute Gasteiger partial charge is 0.188 e. The molecule has 1 fully saturated rings. The van der Waals surface area contributed by atoms with Crippen LogP contribution >= 0.6 is 23.4 Å². The van der Waals surface area contributed by atoms with Crippen molar-refractivity contribution in [3.05, 3.63) is 16.9 Å². The Morgan fingerprint density at radius 2 is 2.53 bits per heavy atom. The fourth-order valence-corrected chi connectivity index (χ4v) is 2.66. The van der Waals surface area contributed by atoms with Gasteiger partial charge in [0.05, 0.1) is 0 Å². The van der Waals surface area contributed by atoms with Crippen LogP contribution in [0.4, 0.5) is 0 Å². The van der Waals surface area contributed by atoms with Crippen molar-refractivity contribution in [3.63, 3.8) is 0 Å². The summed E-state index contributed by atoms with van der Waals surface area (Å²) < 4.78 is 0. The van der Waals surface area contributed by atoms with Crippen molar-refractivity contribution in [1.82, 2.24) is 15.3 Å². The molecule has 0 spiro atoms. The summed E-state index contributed by atoms with van der Waals surface area (Å²) in [6.07, 6.45) is 3.04. The molecule has 0 unspecified atom stereocenters. The van der Waals surface area contributed by atoms with E-state index in [0.717, 1.165) is 35.5 Å². The number of nitrogens with zero attached hydrogens (tertiary/aromatic N) is 2. The number of hydrogen-bond acceptors (Lipinski definition) is 4. The molecule has 3 nitrogen and oxygen atoms in total. The van der Waals surface area contributed by atoms with Gasteiger partial charge in [-0.25, -0.2) is 9.97 Å². The van der Waals surface area contributed by atoms with E-state index in [1.807, 2.05) is 6.92 Å². The predicted molar refractivity (Wildman–Crippen MR) is 63.5 cm³/mol. The molecular weight excluding hydrogens is 230 g/mol. The van der Waals surface area contributed by atoms with Crippen molar-refractivity contribution >= 4 is 23.4 Å². The van der Waals surface area contributed by atoms with E-state index in [9.17, 15) is 0 Å². The van der Waals surface area contributed by atoms with Crippen LogP contribution < -0.4 is 5.32 Å². The summed E-state index contributed by atoms with van der Waals surface area (Å²) >= 11 is 7.63. The normalized spacial score (nSPS) is 20.8. The molecule has 1 aromatic heterocycles. The monoisotopic (exact) mass is 243 g/mol. The number of rotatable bonds is 3. The van der Waals surface area contributed by atoms with E-state index in [1.165, 1.54) is 6.42 Å². The number of hydrogen-bond donors (Lipinski definition) is 1. The molecule has 1 N–H and O–H groups in total. The molecule has 2 rings (SSSR count). The summed E-state index contributed by atoms with van der Waals surface area (Å²) in [5.41, 5.74) is 0.934. The lowest BCUT2D eigenvalue weighted by atomic mass is 10.2. The molecule has 15 heavy (non-hydrogen) atoms. The van der Waals surface area contributed by atoms with Crippen LogP contribution in [0.25, 0.3) is 0 Å². The molecule has 82 valence electrons. The maximum absolute atomic E-state index is 5.93. The van der Waals surface area contributed by atoms with Crippen LogP contribution in [-0.2, 0) is 0 Å². The zero-order valence-corrected chi connectivity index (χ0v) is 10.2. The third kappa shape index (κ3) is 3.06. The SMILES string of the molecule is Cc1cnc(SC[C@@H]2CCNC2)nc1Cl. The Hall–Kier alpha value is -0.320. The average Bonchev–Trinajstić information content (AvgIpc) is 2.73. The van der Waals surface area contributed by atoms with Gasteiger partial charge in [0.15, 0.2) is 5.16 Å². The summed E-state index contributed by atoms with van der Waals surface area (Å²) in [7, 11) is 0. The van der Waals surface area contributed by atoms with E-state index in [0.29, 0.717) is 5.15 Å². The van der Waals surface area contributed by atoms with Crippen LogP contribution in [0, 0.1) is 12.8 Å². The van der Waals surface area contributed by atoms with Gasteiger partial charge in [0.25, 0.3) is 0 Å². The first-order valence-corrected chi connectivity index (χ1v) is 6.44. The Morgan fingerprint density at radius 1 is 1.67 bits per heavy atom. The lowest BCUT2D eigenvalue weighted by molar-refractivity contribution is 0.661. The zero-order chi connectivity index (χ0) is 10.7.